The summed E-state index contributed by atoms with van der Waals surface area (Å²) in [5.41, 5.74) is 1.44. The van der Waals surface area contributed by atoms with Crippen molar-refractivity contribution in [2.75, 3.05) is 13.2 Å². The molecule has 0 aromatic heterocycles. The monoisotopic (exact) mass is 287 g/mol. The molecule has 1 aliphatic carbocycles. The molecule has 1 aromatic rings. The van der Waals surface area contributed by atoms with E-state index in [0.29, 0.717) is 12.0 Å². The van der Waals surface area contributed by atoms with Gasteiger partial charge in [-0.2, -0.15) is 0 Å². The molecule has 4 atom stereocenters. The molecule has 21 heavy (non-hydrogen) atoms. The van der Waals surface area contributed by atoms with Gasteiger partial charge < -0.3 is 10.1 Å². The fourth-order valence-corrected chi connectivity index (χ4v) is 4.31. The van der Waals surface area contributed by atoms with Crippen molar-refractivity contribution in [2.24, 2.45) is 11.8 Å². The predicted octanol–water partition coefficient (Wildman–Crippen LogP) is 4.36. The molecule has 1 heterocycles. The zero-order valence-corrected chi connectivity index (χ0v) is 13.5. The van der Waals surface area contributed by atoms with Crippen LogP contribution in [-0.2, 0) is 0 Å². The Balaban J connectivity index is 1.69. The lowest BCUT2D eigenvalue weighted by Crippen LogP contribution is -2.41. The zero-order valence-electron chi connectivity index (χ0n) is 13.5. The summed E-state index contributed by atoms with van der Waals surface area (Å²) < 4.78 is 5.88. The van der Waals surface area contributed by atoms with Gasteiger partial charge in [-0.05, 0) is 50.1 Å². The topological polar surface area (TPSA) is 21.3 Å². The van der Waals surface area contributed by atoms with Crippen molar-refractivity contribution < 1.29 is 4.74 Å². The standard InChI is InChI=1S/C19H29NO/c1-3-14-9-10-18(20-4-2)15(11-14)12-16-13-21-19-8-6-5-7-17(16)19/h5-8,14-16,18,20H,3-4,9-13H2,1-2H3. The third kappa shape index (κ3) is 3.26. The molecule has 2 heteroatoms. The van der Waals surface area contributed by atoms with Crippen molar-refractivity contribution in [2.45, 2.75) is 57.9 Å². The van der Waals surface area contributed by atoms with Gasteiger partial charge in [0.15, 0.2) is 0 Å². The lowest BCUT2D eigenvalue weighted by molar-refractivity contribution is 0.176. The van der Waals surface area contributed by atoms with Gasteiger partial charge in [0.25, 0.3) is 0 Å². The van der Waals surface area contributed by atoms with E-state index in [2.05, 4.69) is 43.4 Å². The molecule has 0 spiro atoms. The molecule has 1 aromatic carbocycles. The molecular weight excluding hydrogens is 258 g/mol. The Morgan fingerprint density at radius 3 is 2.86 bits per heavy atom. The zero-order chi connectivity index (χ0) is 14.7. The van der Waals surface area contributed by atoms with Crippen molar-refractivity contribution in [3.8, 4) is 5.75 Å². The van der Waals surface area contributed by atoms with E-state index in [-0.39, 0.29) is 0 Å². The Hall–Kier alpha value is -1.02. The van der Waals surface area contributed by atoms with Crippen LogP contribution < -0.4 is 10.1 Å². The number of hydrogen-bond acceptors (Lipinski definition) is 2. The highest BCUT2D eigenvalue weighted by Gasteiger charge is 2.33. The molecule has 0 bridgehead atoms. The average Bonchev–Trinajstić information content (AvgIpc) is 2.92. The van der Waals surface area contributed by atoms with Crippen LogP contribution in [0.4, 0.5) is 0 Å². The van der Waals surface area contributed by atoms with E-state index in [1.807, 2.05) is 0 Å². The smallest absolute Gasteiger partial charge is 0.122 e. The number of nitrogens with one attached hydrogen (secondary N) is 1. The molecular formula is C19H29NO. The number of benzene rings is 1. The fraction of sp³-hybridized carbons (Fsp3) is 0.684. The lowest BCUT2D eigenvalue weighted by Gasteiger charge is -2.37. The first kappa shape index (κ1) is 14.9. The summed E-state index contributed by atoms with van der Waals surface area (Å²) in [7, 11) is 0. The summed E-state index contributed by atoms with van der Waals surface area (Å²) in [5.74, 6) is 3.46. The van der Waals surface area contributed by atoms with Crippen LogP contribution in [0.2, 0.25) is 0 Å². The van der Waals surface area contributed by atoms with Gasteiger partial charge in [0.2, 0.25) is 0 Å². The second-order valence-electron chi connectivity index (χ2n) is 6.79. The van der Waals surface area contributed by atoms with Gasteiger partial charge in [0.1, 0.15) is 5.75 Å². The Bertz CT molecular complexity index is 459. The summed E-state index contributed by atoms with van der Waals surface area (Å²) in [6.45, 7) is 6.56. The first-order chi connectivity index (χ1) is 10.3. The maximum absolute atomic E-state index is 5.88. The van der Waals surface area contributed by atoms with Gasteiger partial charge in [-0.3, -0.25) is 0 Å². The highest BCUT2D eigenvalue weighted by Crippen LogP contribution is 2.42. The Morgan fingerprint density at radius 2 is 2.05 bits per heavy atom. The summed E-state index contributed by atoms with van der Waals surface area (Å²) in [5, 5.41) is 3.74. The first-order valence-corrected chi connectivity index (χ1v) is 8.76. The van der Waals surface area contributed by atoms with E-state index in [4.69, 9.17) is 4.74 Å². The lowest BCUT2D eigenvalue weighted by atomic mass is 9.73. The normalized spacial score (nSPS) is 31.7. The number of ether oxygens (including phenoxy) is 1. The maximum Gasteiger partial charge on any atom is 0.122 e. The minimum absolute atomic E-state index is 0.600. The number of fused-ring (bicyclic) bond motifs is 1. The van der Waals surface area contributed by atoms with Crippen LogP contribution in [0.5, 0.6) is 5.75 Å². The molecule has 3 rings (SSSR count). The molecule has 2 aliphatic rings. The van der Waals surface area contributed by atoms with Crippen molar-refractivity contribution in [1.29, 1.82) is 0 Å². The predicted molar refractivity (Wildman–Crippen MR) is 87.9 cm³/mol. The third-order valence-corrected chi connectivity index (χ3v) is 5.52. The molecule has 0 saturated heterocycles. The highest BCUT2D eigenvalue weighted by atomic mass is 16.5. The SMILES string of the molecule is CCNC1CCC(CC)CC1CC1COc2ccccc21. The molecule has 1 saturated carbocycles. The van der Waals surface area contributed by atoms with E-state index in [9.17, 15) is 0 Å². The van der Waals surface area contributed by atoms with Crippen molar-refractivity contribution in [1.82, 2.24) is 5.32 Å². The van der Waals surface area contributed by atoms with Crippen LogP contribution in [0.1, 0.15) is 57.4 Å². The van der Waals surface area contributed by atoms with E-state index in [1.165, 1.54) is 37.7 Å². The van der Waals surface area contributed by atoms with Gasteiger partial charge in [-0.25, -0.2) is 0 Å². The van der Waals surface area contributed by atoms with Crippen molar-refractivity contribution >= 4 is 0 Å². The molecule has 1 aliphatic heterocycles. The van der Waals surface area contributed by atoms with E-state index < -0.39 is 0 Å². The number of rotatable bonds is 5. The molecule has 0 radical (unpaired) electrons. The summed E-state index contributed by atoms with van der Waals surface area (Å²) in [6, 6.07) is 9.32. The highest BCUT2D eigenvalue weighted by molar-refractivity contribution is 5.39. The second-order valence-corrected chi connectivity index (χ2v) is 6.79. The van der Waals surface area contributed by atoms with Crippen LogP contribution in [0.15, 0.2) is 24.3 Å². The van der Waals surface area contributed by atoms with Crippen molar-refractivity contribution in [3.63, 3.8) is 0 Å². The summed E-state index contributed by atoms with van der Waals surface area (Å²) in [4.78, 5) is 0. The van der Waals surface area contributed by atoms with Crippen LogP contribution in [0.3, 0.4) is 0 Å². The van der Waals surface area contributed by atoms with E-state index in [1.54, 1.807) is 0 Å². The quantitative estimate of drug-likeness (QED) is 0.869. The van der Waals surface area contributed by atoms with Gasteiger partial charge in [0, 0.05) is 17.5 Å². The Kier molecular flexibility index (Phi) is 4.84. The van der Waals surface area contributed by atoms with Gasteiger partial charge in [-0.15, -0.1) is 0 Å². The largest absolute Gasteiger partial charge is 0.493 e. The van der Waals surface area contributed by atoms with Crippen LogP contribution in [0.25, 0.3) is 0 Å². The third-order valence-electron chi connectivity index (χ3n) is 5.52. The summed E-state index contributed by atoms with van der Waals surface area (Å²) >= 11 is 0. The fourth-order valence-electron chi connectivity index (χ4n) is 4.31. The average molecular weight is 287 g/mol. The van der Waals surface area contributed by atoms with Gasteiger partial charge in [0.05, 0.1) is 6.61 Å². The molecule has 1 N–H and O–H groups in total. The van der Waals surface area contributed by atoms with Gasteiger partial charge in [-0.1, -0.05) is 38.5 Å². The minimum Gasteiger partial charge on any atom is -0.493 e. The molecule has 116 valence electrons. The minimum atomic E-state index is 0.600. The summed E-state index contributed by atoms with van der Waals surface area (Å²) in [6.07, 6.45) is 6.78. The Labute approximate surface area is 129 Å². The van der Waals surface area contributed by atoms with E-state index >= 15 is 0 Å². The molecule has 4 unspecified atom stereocenters. The molecule has 0 amide bonds. The number of hydrogen-bond donors (Lipinski definition) is 1. The first-order valence-electron chi connectivity index (χ1n) is 8.76. The van der Waals surface area contributed by atoms with Crippen molar-refractivity contribution in [3.05, 3.63) is 29.8 Å². The number of para-hydroxylation sites is 1. The molecule has 1 fully saturated rings. The van der Waals surface area contributed by atoms with Gasteiger partial charge >= 0.3 is 0 Å². The van der Waals surface area contributed by atoms with Crippen LogP contribution >= 0.6 is 0 Å². The second kappa shape index (κ2) is 6.83. The molecule has 2 nitrogen and oxygen atoms in total. The van der Waals surface area contributed by atoms with E-state index in [0.717, 1.165) is 30.7 Å². The maximum atomic E-state index is 5.88. The van der Waals surface area contributed by atoms with Crippen LogP contribution in [-0.4, -0.2) is 19.2 Å². The Morgan fingerprint density at radius 1 is 1.19 bits per heavy atom. The van der Waals surface area contributed by atoms with Crippen LogP contribution in [0, 0.1) is 11.8 Å².